The number of methoxy groups -OCH3 is 1. The third-order valence-electron chi connectivity index (χ3n) is 4.40. The van der Waals surface area contributed by atoms with Crippen LogP contribution in [-0.4, -0.2) is 69.9 Å². The van der Waals surface area contributed by atoms with E-state index in [-0.39, 0.29) is 6.61 Å². The number of benzene rings is 1. The van der Waals surface area contributed by atoms with E-state index >= 15 is 0 Å². The molecule has 2 rings (SSSR count). The molecule has 28 heavy (non-hydrogen) atoms. The second-order valence-electron chi connectivity index (χ2n) is 6.74. The number of hydrogen-bond acceptors (Lipinski definition) is 5. The summed E-state index contributed by atoms with van der Waals surface area (Å²) in [7, 11) is 1.68. The van der Waals surface area contributed by atoms with Gasteiger partial charge in [0.1, 0.15) is 5.75 Å². The Morgan fingerprint density at radius 3 is 3.00 bits per heavy atom. The summed E-state index contributed by atoms with van der Waals surface area (Å²) in [5.74, 6) is 1.54. The lowest BCUT2D eigenvalue weighted by atomic mass is 10.1. The van der Waals surface area contributed by atoms with Crippen molar-refractivity contribution in [2.24, 2.45) is 16.6 Å². The van der Waals surface area contributed by atoms with E-state index in [9.17, 15) is 4.79 Å². The summed E-state index contributed by atoms with van der Waals surface area (Å²) >= 11 is 0. The van der Waals surface area contributed by atoms with Gasteiger partial charge in [0.2, 0.25) is 0 Å². The number of nitrogens with one attached hydrogen (secondary N) is 1. The molecular formula is C20H32N4O4. The van der Waals surface area contributed by atoms with Gasteiger partial charge in [0.05, 0.1) is 26.4 Å². The predicted octanol–water partition coefficient (Wildman–Crippen LogP) is 1.00. The Bertz CT molecular complexity index is 638. The van der Waals surface area contributed by atoms with E-state index in [4.69, 9.17) is 24.9 Å². The molecule has 156 valence electrons. The van der Waals surface area contributed by atoms with Crippen LogP contribution in [-0.2, 0) is 20.8 Å². The Morgan fingerprint density at radius 1 is 1.39 bits per heavy atom. The maximum atomic E-state index is 10.9. The molecule has 1 aliphatic rings. The molecule has 8 nitrogen and oxygen atoms in total. The number of nitrogens with zero attached hydrogens (tertiary/aromatic N) is 2. The zero-order valence-corrected chi connectivity index (χ0v) is 16.9. The summed E-state index contributed by atoms with van der Waals surface area (Å²) < 4.78 is 16.0. The van der Waals surface area contributed by atoms with Gasteiger partial charge in [-0.25, -0.2) is 4.99 Å². The first-order valence-corrected chi connectivity index (χ1v) is 9.72. The van der Waals surface area contributed by atoms with E-state index < -0.39 is 5.91 Å². The van der Waals surface area contributed by atoms with Crippen LogP contribution in [0.1, 0.15) is 18.9 Å². The zero-order valence-electron chi connectivity index (χ0n) is 16.9. The standard InChI is InChI=1S/C20H32N4O4/c1-3-22-20(24-8-7-17(13-24)14-27-10-9-26-2)23-12-16-5-4-6-18(11-16)28-15-19(21)25/h4-6,11,17H,3,7-10,12-15H2,1-2H3,(H2,21,25)(H,22,23). The number of likely N-dealkylation sites (tertiary alicyclic amines) is 1. The first-order valence-electron chi connectivity index (χ1n) is 9.72. The van der Waals surface area contributed by atoms with Crippen molar-refractivity contribution < 1.29 is 19.0 Å². The van der Waals surface area contributed by atoms with E-state index in [2.05, 4.69) is 17.1 Å². The van der Waals surface area contributed by atoms with E-state index in [0.717, 1.165) is 44.2 Å². The molecule has 0 spiro atoms. The van der Waals surface area contributed by atoms with Crippen LogP contribution in [0.3, 0.4) is 0 Å². The minimum absolute atomic E-state index is 0.128. The van der Waals surface area contributed by atoms with Crippen LogP contribution < -0.4 is 15.8 Å². The smallest absolute Gasteiger partial charge is 0.255 e. The highest BCUT2D eigenvalue weighted by molar-refractivity contribution is 5.80. The van der Waals surface area contributed by atoms with Crippen LogP contribution in [0.5, 0.6) is 5.75 Å². The molecule has 1 heterocycles. The van der Waals surface area contributed by atoms with Crippen molar-refractivity contribution in [3.05, 3.63) is 29.8 Å². The Balaban J connectivity index is 1.90. The van der Waals surface area contributed by atoms with Gasteiger partial charge in [-0.2, -0.15) is 0 Å². The summed E-state index contributed by atoms with van der Waals surface area (Å²) in [6.07, 6.45) is 1.09. The number of ether oxygens (including phenoxy) is 3. The van der Waals surface area contributed by atoms with Gasteiger partial charge in [-0.1, -0.05) is 12.1 Å². The maximum absolute atomic E-state index is 10.9. The minimum Gasteiger partial charge on any atom is -0.484 e. The van der Waals surface area contributed by atoms with Crippen molar-refractivity contribution in [3.8, 4) is 5.75 Å². The second-order valence-corrected chi connectivity index (χ2v) is 6.74. The molecule has 3 N–H and O–H groups in total. The van der Waals surface area contributed by atoms with E-state index in [0.29, 0.717) is 31.4 Å². The highest BCUT2D eigenvalue weighted by Gasteiger charge is 2.24. The molecule has 1 saturated heterocycles. The molecule has 0 radical (unpaired) electrons. The Hall–Kier alpha value is -2.32. The summed E-state index contributed by atoms with van der Waals surface area (Å²) in [4.78, 5) is 17.9. The van der Waals surface area contributed by atoms with Crippen molar-refractivity contribution in [2.75, 3.05) is 53.2 Å². The molecule has 1 aromatic carbocycles. The molecule has 1 unspecified atom stereocenters. The Morgan fingerprint density at radius 2 is 2.25 bits per heavy atom. The quantitative estimate of drug-likeness (QED) is 0.331. The molecule has 0 saturated carbocycles. The zero-order chi connectivity index (χ0) is 20.2. The summed E-state index contributed by atoms with van der Waals surface area (Å²) in [6.45, 7) is 7.18. The van der Waals surface area contributed by atoms with Crippen LogP contribution in [0.25, 0.3) is 0 Å². The maximum Gasteiger partial charge on any atom is 0.255 e. The average Bonchev–Trinajstić information content (AvgIpc) is 3.16. The van der Waals surface area contributed by atoms with E-state index in [1.54, 1.807) is 13.2 Å². The van der Waals surface area contributed by atoms with Gasteiger partial charge < -0.3 is 30.2 Å². The number of amides is 1. The predicted molar refractivity (Wildman–Crippen MR) is 108 cm³/mol. The number of guanidine groups is 1. The lowest BCUT2D eigenvalue weighted by Crippen LogP contribution is -2.40. The molecule has 1 atom stereocenters. The van der Waals surface area contributed by atoms with Gasteiger partial charge in [0.25, 0.3) is 5.91 Å². The number of rotatable bonds is 11. The molecule has 1 amide bonds. The van der Waals surface area contributed by atoms with Gasteiger partial charge in [-0.3, -0.25) is 4.79 Å². The van der Waals surface area contributed by atoms with Crippen molar-refractivity contribution in [1.82, 2.24) is 10.2 Å². The number of aliphatic imine (C=N–C) groups is 1. The topological polar surface area (TPSA) is 98.4 Å². The summed E-state index contributed by atoms with van der Waals surface area (Å²) in [5.41, 5.74) is 6.13. The lowest BCUT2D eigenvalue weighted by Gasteiger charge is -2.21. The number of carbonyl (C=O) groups is 1. The van der Waals surface area contributed by atoms with E-state index in [1.165, 1.54) is 0 Å². The van der Waals surface area contributed by atoms with Crippen LogP contribution >= 0.6 is 0 Å². The van der Waals surface area contributed by atoms with Crippen molar-refractivity contribution in [2.45, 2.75) is 19.9 Å². The number of hydrogen-bond donors (Lipinski definition) is 2. The molecular weight excluding hydrogens is 360 g/mol. The third-order valence-corrected chi connectivity index (χ3v) is 4.40. The monoisotopic (exact) mass is 392 g/mol. The Labute approximate surface area is 167 Å². The van der Waals surface area contributed by atoms with Gasteiger partial charge in [0.15, 0.2) is 12.6 Å². The van der Waals surface area contributed by atoms with Gasteiger partial charge in [-0.05, 0) is 31.0 Å². The van der Waals surface area contributed by atoms with Crippen LogP contribution in [0, 0.1) is 5.92 Å². The van der Waals surface area contributed by atoms with Crippen LogP contribution in [0.15, 0.2) is 29.3 Å². The highest BCUT2D eigenvalue weighted by Crippen LogP contribution is 2.18. The van der Waals surface area contributed by atoms with Crippen molar-refractivity contribution in [1.29, 1.82) is 0 Å². The molecule has 0 aliphatic carbocycles. The first-order chi connectivity index (χ1) is 13.6. The lowest BCUT2D eigenvalue weighted by molar-refractivity contribution is -0.119. The fraction of sp³-hybridized carbons (Fsp3) is 0.600. The third kappa shape index (κ3) is 7.74. The molecule has 1 aromatic rings. The SMILES string of the molecule is CCNC(=NCc1cccc(OCC(N)=O)c1)N1CCC(COCCOC)C1. The normalized spacial score (nSPS) is 17.0. The fourth-order valence-corrected chi connectivity index (χ4v) is 3.03. The summed E-state index contributed by atoms with van der Waals surface area (Å²) in [5, 5.41) is 3.37. The highest BCUT2D eigenvalue weighted by atomic mass is 16.5. The van der Waals surface area contributed by atoms with Gasteiger partial charge >= 0.3 is 0 Å². The second kappa shape index (κ2) is 12.2. The minimum atomic E-state index is -0.493. The number of carbonyl (C=O) groups excluding carboxylic acids is 1. The van der Waals surface area contributed by atoms with Gasteiger partial charge in [-0.15, -0.1) is 0 Å². The molecule has 0 aromatic heterocycles. The summed E-state index contributed by atoms with van der Waals surface area (Å²) in [6, 6.07) is 7.56. The average molecular weight is 393 g/mol. The molecule has 8 heteroatoms. The first kappa shape index (κ1) is 22.0. The number of nitrogens with two attached hydrogens (primary N) is 1. The van der Waals surface area contributed by atoms with Crippen molar-refractivity contribution in [3.63, 3.8) is 0 Å². The van der Waals surface area contributed by atoms with E-state index in [1.807, 2.05) is 18.2 Å². The molecule has 0 bridgehead atoms. The van der Waals surface area contributed by atoms with Crippen LogP contribution in [0.2, 0.25) is 0 Å². The fourth-order valence-electron chi connectivity index (χ4n) is 3.03. The van der Waals surface area contributed by atoms with Gasteiger partial charge in [0, 0.05) is 32.7 Å². The largest absolute Gasteiger partial charge is 0.484 e. The van der Waals surface area contributed by atoms with Crippen molar-refractivity contribution >= 4 is 11.9 Å². The van der Waals surface area contributed by atoms with Crippen LogP contribution in [0.4, 0.5) is 0 Å². The molecule has 1 fully saturated rings. The Kier molecular flexibility index (Phi) is 9.57. The molecule has 1 aliphatic heterocycles. The number of primary amides is 1.